The van der Waals surface area contributed by atoms with Gasteiger partial charge in [0.05, 0.1) is 22.2 Å². The van der Waals surface area contributed by atoms with E-state index >= 15 is 0 Å². The fourth-order valence-electron chi connectivity index (χ4n) is 2.61. The lowest BCUT2D eigenvalue weighted by Crippen LogP contribution is -2.17. The van der Waals surface area contributed by atoms with Crippen molar-refractivity contribution in [2.45, 2.75) is 13.0 Å². The Morgan fingerprint density at radius 1 is 1.15 bits per heavy atom. The molecule has 2 heterocycles. The van der Waals surface area contributed by atoms with E-state index in [1.54, 1.807) is 55.5 Å². The fraction of sp³-hybridized carbons (Fsp3) is 0.111. The highest BCUT2D eigenvalue weighted by atomic mass is 16.5. The van der Waals surface area contributed by atoms with Crippen LogP contribution in [0, 0.1) is 0 Å². The van der Waals surface area contributed by atoms with Gasteiger partial charge in [0, 0.05) is 0 Å². The van der Waals surface area contributed by atoms with Crippen LogP contribution in [0.4, 0.5) is 0 Å². The van der Waals surface area contributed by atoms with Gasteiger partial charge < -0.3 is 9.72 Å². The Labute approximate surface area is 152 Å². The van der Waals surface area contributed by atoms with E-state index < -0.39 is 12.1 Å². The Bertz CT molecular complexity index is 1150. The number of aromatic nitrogens is 6. The number of benzene rings is 2. The number of para-hydroxylation sites is 1. The lowest BCUT2D eigenvalue weighted by molar-refractivity contribution is 0.0320. The number of carbonyl (C=O) groups excluding carboxylic acids is 1. The topological polar surface area (TPSA) is 116 Å². The van der Waals surface area contributed by atoms with Gasteiger partial charge in [-0.05, 0) is 53.7 Å². The average Bonchev–Trinajstić information content (AvgIpc) is 3.23. The Hall–Kier alpha value is -3.88. The third-order valence-corrected chi connectivity index (χ3v) is 4.02. The number of nitrogens with zero attached hydrogens (tertiary/aromatic N) is 5. The molecule has 0 aliphatic heterocycles. The van der Waals surface area contributed by atoms with Crippen LogP contribution in [0.1, 0.15) is 29.2 Å². The zero-order valence-corrected chi connectivity index (χ0v) is 14.2. The number of hydrogen-bond donors (Lipinski definition) is 1. The van der Waals surface area contributed by atoms with E-state index in [4.69, 9.17) is 4.74 Å². The summed E-state index contributed by atoms with van der Waals surface area (Å²) in [4.78, 5) is 31.6. The number of ether oxygens (including phenoxy) is 1. The molecule has 2 aromatic carbocycles. The van der Waals surface area contributed by atoms with Crippen molar-refractivity contribution in [3.8, 4) is 5.69 Å². The van der Waals surface area contributed by atoms with E-state index in [1.807, 2.05) is 0 Å². The molecule has 9 nitrogen and oxygen atoms in total. The van der Waals surface area contributed by atoms with Gasteiger partial charge in [0.1, 0.15) is 6.33 Å². The van der Waals surface area contributed by atoms with Gasteiger partial charge >= 0.3 is 5.97 Å². The van der Waals surface area contributed by atoms with Crippen molar-refractivity contribution in [3.63, 3.8) is 0 Å². The van der Waals surface area contributed by atoms with Crippen LogP contribution >= 0.6 is 0 Å². The van der Waals surface area contributed by atoms with Crippen molar-refractivity contribution >= 4 is 16.9 Å². The van der Waals surface area contributed by atoms with Crippen LogP contribution in [0.5, 0.6) is 0 Å². The van der Waals surface area contributed by atoms with Gasteiger partial charge in [-0.2, -0.15) is 0 Å². The predicted molar refractivity (Wildman–Crippen MR) is 95.3 cm³/mol. The summed E-state index contributed by atoms with van der Waals surface area (Å²) in [6.07, 6.45) is 0.742. The molecule has 0 aliphatic carbocycles. The molecule has 0 bridgehead atoms. The van der Waals surface area contributed by atoms with E-state index in [-0.39, 0.29) is 11.4 Å². The second kappa shape index (κ2) is 6.79. The first-order valence-corrected chi connectivity index (χ1v) is 8.15. The maximum atomic E-state index is 12.4. The van der Waals surface area contributed by atoms with Crippen LogP contribution in [-0.2, 0) is 4.74 Å². The molecule has 0 aliphatic rings. The summed E-state index contributed by atoms with van der Waals surface area (Å²) in [5.41, 5.74) is 1.35. The minimum Gasteiger partial charge on any atom is -0.451 e. The molecule has 9 heteroatoms. The molecule has 134 valence electrons. The van der Waals surface area contributed by atoms with Crippen molar-refractivity contribution in [1.29, 1.82) is 0 Å². The second-order valence-electron chi connectivity index (χ2n) is 5.82. The maximum Gasteiger partial charge on any atom is 0.338 e. The van der Waals surface area contributed by atoms with Crippen LogP contribution in [-0.4, -0.2) is 36.1 Å². The molecule has 0 fully saturated rings. The summed E-state index contributed by atoms with van der Waals surface area (Å²) < 4.78 is 6.91. The molecule has 4 rings (SSSR count). The maximum absolute atomic E-state index is 12.4. The standard InChI is InChI=1S/C18H14N6O3/c1-11(16-20-15-5-3-2-4-14(15)17(25)21-16)27-18(26)12-6-8-13(9-7-12)24-10-19-22-23-24/h2-11H,1H3,(H,20,21,25)/t11-/m1/s1. The van der Waals surface area contributed by atoms with E-state index in [2.05, 4.69) is 25.5 Å². The summed E-state index contributed by atoms with van der Waals surface area (Å²) >= 11 is 0. The highest BCUT2D eigenvalue weighted by molar-refractivity contribution is 5.89. The molecule has 27 heavy (non-hydrogen) atoms. The summed E-state index contributed by atoms with van der Waals surface area (Å²) in [5, 5.41) is 11.4. The van der Waals surface area contributed by atoms with Crippen molar-refractivity contribution in [3.05, 3.63) is 76.6 Å². The third-order valence-electron chi connectivity index (χ3n) is 4.02. The molecule has 1 N–H and O–H groups in total. The monoisotopic (exact) mass is 362 g/mol. The fourth-order valence-corrected chi connectivity index (χ4v) is 2.61. The Morgan fingerprint density at radius 3 is 2.67 bits per heavy atom. The molecule has 0 radical (unpaired) electrons. The smallest absolute Gasteiger partial charge is 0.338 e. The van der Waals surface area contributed by atoms with Crippen LogP contribution in [0.3, 0.4) is 0 Å². The third kappa shape index (κ3) is 3.30. The van der Waals surface area contributed by atoms with Crippen LogP contribution < -0.4 is 5.56 Å². The van der Waals surface area contributed by atoms with Gasteiger partial charge in [-0.25, -0.2) is 14.5 Å². The number of fused-ring (bicyclic) bond motifs is 1. The van der Waals surface area contributed by atoms with Crippen LogP contribution in [0.15, 0.2) is 59.7 Å². The Balaban J connectivity index is 1.53. The van der Waals surface area contributed by atoms with Crippen molar-refractivity contribution < 1.29 is 9.53 Å². The SMILES string of the molecule is C[C@@H](OC(=O)c1ccc(-n2cnnn2)cc1)c1nc2ccccc2c(=O)[nH]1. The number of aromatic amines is 1. The Morgan fingerprint density at radius 2 is 1.93 bits per heavy atom. The number of hydrogen-bond acceptors (Lipinski definition) is 7. The number of tetrazole rings is 1. The molecule has 4 aromatic rings. The first-order valence-electron chi connectivity index (χ1n) is 8.15. The average molecular weight is 362 g/mol. The molecule has 2 aromatic heterocycles. The van der Waals surface area contributed by atoms with E-state index in [9.17, 15) is 9.59 Å². The quantitative estimate of drug-likeness (QED) is 0.550. The molecule has 0 saturated carbocycles. The normalized spacial score (nSPS) is 12.0. The van der Waals surface area contributed by atoms with Gasteiger partial charge in [-0.15, -0.1) is 5.10 Å². The first kappa shape index (κ1) is 16.6. The summed E-state index contributed by atoms with van der Waals surface area (Å²) in [6.45, 7) is 1.65. The summed E-state index contributed by atoms with van der Waals surface area (Å²) in [6, 6.07) is 13.6. The highest BCUT2D eigenvalue weighted by Crippen LogP contribution is 2.17. The number of carbonyl (C=O) groups is 1. The van der Waals surface area contributed by atoms with Crippen LogP contribution in [0.25, 0.3) is 16.6 Å². The number of esters is 1. The molecule has 0 spiro atoms. The van der Waals surface area contributed by atoms with Crippen LogP contribution in [0.2, 0.25) is 0 Å². The predicted octanol–water partition coefficient (Wildman–Crippen LogP) is 1.82. The second-order valence-corrected chi connectivity index (χ2v) is 5.82. The van der Waals surface area contributed by atoms with E-state index in [1.165, 1.54) is 11.0 Å². The molecule has 0 unspecified atom stereocenters. The molecule has 1 atom stereocenters. The molecule has 0 amide bonds. The van der Waals surface area contributed by atoms with Crippen molar-refractivity contribution in [1.82, 2.24) is 30.2 Å². The van der Waals surface area contributed by atoms with Crippen molar-refractivity contribution in [2.75, 3.05) is 0 Å². The van der Waals surface area contributed by atoms with Gasteiger partial charge in [0.25, 0.3) is 5.56 Å². The van der Waals surface area contributed by atoms with E-state index in [0.717, 1.165) is 0 Å². The number of H-pyrrole nitrogens is 1. The van der Waals surface area contributed by atoms with Gasteiger partial charge in [-0.1, -0.05) is 12.1 Å². The van der Waals surface area contributed by atoms with Gasteiger partial charge in [-0.3, -0.25) is 4.79 Å². The summed E-state index contributed by atoms with van der Waals surface area (Å²) in [5.74, 6) is -0.237. The zero-order chi connectivity index (χ0) is 18.8. The number of nitrogens with one attached hydrogen (secondary N) is 1. The molecular weight excluding hydrogens is 348 g/mol. The zero-order valence-electron chi connectivity index (χ0n) is 14.2. The minimum atomic E-state index is -0.714. The lowest BCUT2D eigenvalue weighted by Gasteiger charge is -2.13. The Kier molecular flexibility index (Phi) is 4.17. The largest absolute Gasteiger partial charge is 0.451 e. The van der Waals surface area contributed by atoms with Crippen molar-refractivity contribution in [2.24, 2.45) is 0 Å². The first-order chi connectivity index (χ1) is 13.1. The molecule has 0 saturated heterocycles. The number of rotatable bonds is 4. The van der Waals surface area contributed by atoms with E-state index in [0.29, 0.717) is 22.2 Å². The minimum absolute atomic E-state index is 0.274. The highest BCUT2D eigenvalue weighted by Gasteiger charge is 2.17. The van der Waals surface area contributed by atoms with Gasteiger partial charge in [0.15, 0.2) is 11.9 Å². The lowest BCUT2D eigenvalue weighted by atomic mass is 10.2. The van der Waals surface area contributed by atoms with Gasteiger partial charge in [0.2, 0.25) is 0 Å². The summed E-state index contributed by atoms with van der Waals surface area (Å²) in [7, 11) is 0. The molecular formula is C18H14N6O3.